The van der Waals surface area contributed by atoms with E-state index in [1.54, 1.807) is 22.9 Å². The van der Waals surface area contributed by atoms with E-state index in [0.717, 1.165) is 33.4 Å². The van der Waals surface area contributed by atoms with E-state index in [1.165, 1.54) is 0 Å². The Morgan fingerprint density at radius 1 is 0.730 bits per heavy atom. The van der Waals surface area contributed by atoms with Crippen molar-refractivity contribution in [2.75, 3.05) is 0 Å². The monoisotopic (exact) mass is 500 g/mol. The van der Waals surface area contributed by atoms with Crippen LogP contribution in [0.4, 0.5) is 0 Å². The van der Waals surface area contributed by atoms with E-state index in [4.69, 9.17) is 21.6 Å². The molecule has 0 radical (unpaired) electrons. The molecule has 0 saturated carbocycles. The average Bonchev–Trinajstić information content (AvgIpc) is 2.95. The van der Waals surface area contributed by atoms with Gasteiger partial charge in [0.2, 0.25) is 0 Å². The number of aromatic nitrogens is 4. The predicted molar refractivity (Wildman–Crippen MR) is 150 cm³/mol. The summed E-state index contributed by atoms with van der Waals surface area (Å²) in [5.41, 5.74) is 6.02. The van der Waals surface area contributed by atoms with Crippen molar-refractivity contribution in [2.24, 2.45) is 0 Å². The van der Waals surface area contributed by atoms with Crippen LogP contribution in [0.3, 0.4) is 0 Å². The molecule has 0 spiro atoms. The molecule has 2 aromatic heterocycles. The largest absolute Gasteiger partial charge is 0.288 e. The second-order valence-electron chi connectivity index (χ2n) is 8.64. The van der Waals surface area contributed by atoms with Crippen LogP contribution in [0.1, 0.15) is 5.56 Å². The van der Waals surface area contributed by atoms with Gasteiger partial charge >= 0.3 is 0 Å². The molecule has 0 N–H and O–H groups in total. The Balaban J connectivity index is 1.29. The van der Waals surface area contributed by atoms with Crippen LogP contribution < -0.4 is 5.56 Å². The molecule has 178 valence electrons. The molecule has 0 bridgehead atoms. The normalized spacial score (nSPS) is 11.5. The summed E-state index contributed by atoms with van der Waals surface area (Å²) in [6.07, 6.45) is 5.77. The Labute approximate surface area is 218 Å². The Hall–Kier alpha value is -4.61. The average molecular weight is 501 g/mol. The van der Waals surface area contributed by atoms with Crippen LogP contribution in [0.15, 0.2) is 114 Å². The molecule has 4 aromatic carbocycles. The maximum atomic E-state index is 13.4. The summed E-state index contributed by atoms with van der Waals surface area (Å²) in [5.74, 6) is 0.607. The number of para-hydroxylation sites is 3. The molecule has 5 nitrogen and oxygen atoms in total. The molecule has 0 aliphatic carbocycles. The molecule has 6 heteroatoms. The summed E-state index contributed by atoms with van der Waals surface area (Å²) in [6.45, 7) is 0.381. The third-order valence-electron chi connectivity index (χ3n) is 6.22. The first kappa shape index (κ1) is 22.8. The molecular weight excluding hydrogens is 480 g/mol. The lowest BCUT2D eigenvalue weighted by atomic mass is 10.1. The zero-order valence-corrected chi connectivity index (χ0v) is 20.5. The number of hydrogen-bond donors (Lipinski definition) is 0. The number of rotatable bonds is 5. The molecule has 2 heterocycles. The summed E-state index contributed by atoms with van der Waals surface area (Å²) in [4.78, 5) is 27.4. The molecule has 0 amide bonds. The van der Waals surface area contributed by atoms with Gasteiger partial charge in [-0.15, -0.1) is 0 Å². The van der Waals surface area contributed by atoms with E-state index in [1.807, 2.05) is 97.1 Å². The summed E-state index contributed by atoms with van der Waals surface area (Å²) in [6, 6.07) is 30.7. The molecule has 0 fully saturated rings. The first-order chi connectivity index (χ1) is 18.2. The Morgan fingerprint density at radius 2 is 1.41 bits per heavy atom. The predicted octanol–water partition coefficient (Wildman–Crippen LogP) is 7.04. The number of allylic oxidation sites excluding steroid dienone is 1. The molecule has 0 atom stereocenters. The molecule has 0 unspecified atom stereocenters. The maximum absolute atomic E-state index is 13.4. The highest BCUT2D eigenvalue weighted by atomic mass is 35.5. The van der Waals surface area contributed by atoms with Gasteiger partial charge in [-0.3, -0.25) is 14.3 Å². The lowest BCUT2D eigenvalue weighted by Crippen LogP contribution is -2.23. The van der Waals surface area contributed by atoms with Gasteiger partial charge in [0.1, 0.15) is 5.82 Å². The van der Waals surface area contributed by atoms with Gasteiger partial charge in [0.05, 0.1) is 33.8 Å². The van der Waals surface area contributed by atoms with Gasteiger partial charge in [-0.05, 0) is 54.1 Å². The minimum atomic E-state index is -0.0783. The Bertz CT molecular complexity index is 1820. The van der Waals surface area contributed by atoms with Crippen LogP contribution in [0.5, 0.6) is 0 Å². The number of hydrogen-bond acceptors (Lipinski definition) is 4. The molecule has 6 rings (SSSR count). The zero-order valence-electron chi connectivity index (χ0n) is 19.8. The van der Waals surface area contributed by atoms with Crippen molar-refractivity contribution >= 4 is 39.6 Å². The molecule has 0 saturated heterocycles. The third-order valence-corrected chi connectivity index (χ3v) is 6.47. The van der Waals surface area contributed by atoms with Gasteiger partial charge in [-0.1, -0.05) is 72.3 Å². The fourth-order valence-corrected chi connectivity index (χ4v) is 4.44. The number of benzene rings is 4. The van der Waals surface area contributed by atoms with Gasteiger partial charge < -0.3 is 0 Å². The Kier molecular flexibility index (Phi) is 6.05. The van der Waals surface area contributed by atoms with Gasteiger partial charge in [0.15, 0.2) is 0 Å². The van der Waals surface area contributed by atoms with Crippen molar-refractivity contribution in [1.82, 2.24) is 19.5 Å². The van der Waals surface area contributed by atoms with Crippen LogP contribution >= 0.6 is 11.6 Å². The highest BCUT2D eigenvalue weighted by molar-refractivity contribution is 6.30. The Morgan fingerprint density at radius 3 is 2.19 bits per heavy atom. The van der Waals surface area contributed by atoms with Crippen molar-refractivity contribution in [1.29, 1.82) is 0 Å². The van der Waals surface area contributed by atoms with Crippen LogP contribution in [0, 0.1) is 0 Å². The smallest absolute Gasteiger partial charge is 0.261 e. The first-order valence-electron chi connectivity index (χ1n) is 11.9. The van der Waals surface area contributed by atoms with E-state index in [2.05, 4.69) is 4.98 Å². The fraction of sp³-hybridized carbons (Fsp3) is 0.0323. The van der Waals surface area contributed by atoms with E-state index < -0.39 is 0 Å². The van der Waals surface area contributed by atoms with Gasteiger partial charge in [-0.2, -0.15) is 0 Å². The number of nitrogens with zero attached hydrogens (tertiary/aromatic N) is 4. The van der Waals surface area contributed by atoms with Crippen molar-refractivity contribution in [3.05, 3.63) is 130 Å². The van der Waals surface area contributed by atoms with Crippen molar-refractivity contribution in [3.63, 3.8) is 0 Å². The lowest BCUT2D eigenvalue weighted by molar-refractivity contribution is 0.780. The second-order valence-corrected chi connectivity index (χ2v) is 9.08. The summed E-state index contributed by atoms with van der Waals surface area (Å²) in [5, 5.41) is 1.23. The SMILES string of the molecule is O=c1c2ccccc2nc(-c2ccc(Cl)cc2)n1C/C=C/c1ccc(-c2cnc3ccccc3n2)cc1. The molecule has 37 heavy (non-hydrogen) atoms. The second kappa shape index (κ2) is 9.80. The third kappa shape index (κ3) is 4.65. The lowest BCUT2D eigenvalue weighted by Gasteiger charge is -2.12. The van der Waals surface area contributed by atoms with Crippen LogP contribution in [-0.2, 0) is 6.54 Å². The summed E-state index contributed by atoms with van der Waals surface area (Å²) >= 11 is 6.09. The van der Waals surface area contributed by atoms with Gasteiger partial charge in [-0.25, -0.2) is 9.97 Å². The summed E-state index contributed by atoms with van der Waals surface area (Å²) in [7, 11) is 0. The van der Waals surface area contributed by atoms with Crippen LogP contribution in [-0.4, -0.2) is 19.5 Å². The highest BCUT2D eigenvalue weighted by Gasteiger charge is 2.12. The van der Waals surface area contributed by atoms with Crippen LogP contribution in [0.25, 0.3) is 50.7 Å². The maximum Gasteiger partial charge on any atom is 0.261 e. The minimum Gasteiger partial charge on any atom is -0.288 e. The van der Waals surface area contributed by atoms with Gasteiger partial charge in [0.25, 0.3) is 5.56 Å². The van der Waals surface area contributed by atoms with E-state index in [0.29, 0.717) is 28.3 Å². The standard InChI is InChI=1S/C31H21ClN4O/c32-24-17-15-23(16-18-24)30-35-26-8-2-1-7-25(26)31(37)36(30)19-5-6-21-11-13-22(14-12-21)29-20-33-27-9-3-4-10-28(27)34-29/h1-18,20H,19H2/b6-5+. The van der Waals surface area contributed by atoms with Gasteiger partial charge in [0, 0.05) is 22.7 Å². The first-order valence-corrected chi connectivity index (χ1v) is 12.3. The van der Waals surface area contributed by atoms with E-state index in [9.17, 15) is 4.79 Å². The van der Waals surface area contributed by atoms with Crippen molar-refractivity contribution in [2.45, 2.75) is 6.54 Å². The van der Waals surface area contributed by atoms with Crippen LogP contribution in [0.2, 0.25) is 5.02 Å². The molecule has 0 aliphatic rings. The number of halogens is 1. The molecule has 6 aromatic rings. The van der Waals surface area contributed by atoms with Crippen molar-refractivity contribution in [3.8, 4) is 22.6 Å². The topological polar surface area (TPSA) is 60.7 Å². The fourth-order valence-electron chi connectivity index (χ4n) is 4.31. The minimum absolute atomic E-state index is 0.0783. The zero-order chi connectivity index (χ0) is 25.2. The van der Waals surface area contributed by atoms with E-state index in [-0.39, 0.29) is 5.56 Å². The summed E-state index contributed by atoms with van der Waals surface area (Å²) < 4.78 is 1.70. The quantitative estimate of drug-likeness (QED) is 0.254. The number of fused-ring (bicyclic) bond motifs is 2. The highest BCUT2D eigenvalue weighted by Crippen LogP contribution is 2.22. The van der Waals surface area contributed by atoms with Crippen molar-refractivity contribution < 1.29 is 0 Å². The molecule has 0 aliphatic heterocycles. The van der Waals surface area contributed by atoms with E-state index >= 15 is 0 Å². The molecular formula is C31H21ClN4O.